The van der Waals surface area contributed by atoms with Crippen LogP contribution < -0.4 is 50.2 Å². The Morgan fingerprint density at radius 2 is 0.667 bits per heavy atom. The topological polar surface area (TPSA) is 55.4 Å². The van der Waals surface area contributed by atoms with Crippen molar-refractivity contribution in [3.8, 4) is 28.7 Å². The smallest absolute Gasteiger partial charge is 0.497 e. The molecular weight excluding hydrogens is 986 g/mol. The molecule has 0 spiro atoms. The van der Waals surface area contributed by atoms with Crippen molar-refractivity contribution in [2.24, 2.45) is 0 Å². The molecule has 5 aromatic rings. The van der Waals surface area contributed by atoms with E-state index in [4.69, 9.17) is 23.7 Å². The van der Waals surface area contributed by atoms with Crippen molar-refractivity contribution < 1.29 is 89.3 Å². The number of hydrogen-bond acceptors (Lipinski definition) is 6. The maximum Gasteiger partial charge on any atom is 0.673 e. The lowest BCUT2D eigenvalue weighted by molar-refractivity contribution is -0.348. The minimum Gasteiger partial charge on any atom is -0.497 e. The highest BCUT2D eigenvalue weighted by molar-refractivity contribution is 7.79. The van der Waals surface area contributed by atoms with Gasteiger partial charge in [0.15, 0.2) is 0 Å². The fraction of sp³-hybridized carbons (Fsp3) is 0.289. The van der Waals surface area contributed by atoms with Crippen LogP contribution in [-0.2, 0) is 4.74 Å². The molecule has 0 aliphatic heterocycles. The summed E-state index contributed by atoms with van der Waals surface area (Å²) in [5.41, 5.74) is 0. The van der Waals surface area contributed by atoms with E-state index in [1.54, 1.807) is 35.2 Å². The molecule has 24 heteroatoms. The van der Waals surface area contributed by atoms with Crippen LogP contribution in [0.5, 0.6) is 28.7 Å². The van der Waals surface area contributed by atoms with E-state index in [1.165, 1.54) is 71.4 Å². The highest BCUT2D eigenvalue weighted by Crippen LogP contribution is 2.66. The minimum atomic E-state index is -6.00. The molecule has 5 aromatic carbocycles. The summed E-state index contributed by atoms with van der Waals surface area (Å²) in [4.78, 5) is 0. The molecule has 0 fully saturated rings. The van der Waals surface area contributed by atoms with Gasteiger partial charge in [-0.15, -0.1) is 0 Å². The Kier molecular flexibility index (Phi) is 21.1. The third kappa shape index (κ3) is 15.9. The number of rotatable bonds is 15. The molecule has 378 valence electrons. The Morgan fingerprint density at radius 3 is 0.928 bits per heavy atom. The van der Waals surface area contributed by atoms with Crippen LogP contribution in [0.25, 0.3) is 0 Å². The van der Waals surface area contributed by atoms with Gasteiger partial charge < -0.3 is 62.9 Å². The average Bonchev–Trinajstić information content (AvgIpc) is 3.29. The number of alkyl halides is 6. The first-order valence-corrected chi connectivity index (χ1v) is 23.6. The van der Waals surface area contributed by atoms with Gasteiger partial charge >= 0.3 is 31.8 Å². The summed E-state index contributed by atoms with van der Waals surface area (Å²) in [7, 11) is -11.4. The number of methoxy groups -OCH3 is 3. The molecule has 0 aromatic heterocycles. The van der Waals surface area contributed by atoms with Crippen LogP contribution in [0.4, 0.5) is 60.9 Å². The van der Waals surface area contributed by atoms with Crippen LogP contribution in [-0.4, -0.2) is 78.8 Å². The predicted molar refractivity (Wildman–Crippen MR) is 248 cm³/mol. The number of allylic oxidation sites excluding steroid dienone is 1. The number of ether oxygens (including phenoxy) is 6. The largest absolute Gasteiger partial charge is 0.673 e. The van der Waals surface area contributed by atoms with Crippen LogP contribution in [0.3, 0.4) is 0 Å². The number of benzene rings is 5. The lowest BCUT2D eigenvalue weighted by Crippen LogP contribution is -2.67. The maximum atomic E-state index is 16.4. The standard InChI is InChI=1S/C24H25F6O3P.C21H21O3P.2BF4/c1-4-31-17-7-11-19(12-8-17)34(20-13-9-18(10-14-20)32-5-2)22(26)16-15-21(25,33-6-3)23(27,28)24(22,29)30;1-22-16-4-10-19(11-5-16)25(20-12-6-17(23-2)7-13-20)21-14-8-18(24-3)9-15-21;2*2-1(3,4)5/h7-16H,4-6H2,1-3H3;4-15H,1-3H3;;/q;;2*-1/p+2. The molecule has 0 bridgehead atoms. The van der Waals surface area contributed by atoms with Gasteiger partial charge in [-0.25, -0.2) is 4.39 Å². The van der Waals surface area contributed by atoms with Crippen molar-refractivity contribution in [2.75, 3.05) is 41.2 Å². The van der Waals surface area contributed by atoms with Gasteiger partial charge in [-0.1, -0.05) is 0 Å². The molecule has 2 unspecified atom stereocenters. The van der Waals surface area contributed by atoms with E-state index in [1.807, 2.05) is 36.4 Å². The predicted octanol–water partition coefficient (Wildman–Crippen LogP) is 11.7. The van der Waals surface area contributed by atoms with E-state index in [0.717, 1.165) is 17.2 Å². The summed E-state index contributed by atoms with van der Waals surface area (Å²) in [5.74, 6) is -11.6. The third-order valence-corrected chi connectivity index (χ3v) is 15.3. The monoisotopic (exact) mass is 1030 g/mol. The first kappa shape index (κ1) is 58.1. The van der Waals surface area contributed by atoms with E-state index in [9.17, 15) is 47.7 Å². The molecular formula is C45H48B2F14O6P2. The normalized spacial score (nSPS) is 18.1. The van der Waals surface area contributed by atoms with Gasteiger partial charge in [0, 0.05) is 6.61 Å². The van der Waals surface area contributed by atoms with Crippen molar-refractivity contribution in [1.82, 2.24) is 0 Å². The van der Waals surface area contributed by atoms with Crippen LogP contribution >= 0.6 is 15.8 Å². The lowest BCUT2D eigenvalue weighted by Gasteiger charge is -2.44. The van der Waals surface area contributed by atoms with Crippen molar-refractivity contribution in [2.45, 2.75) is 43.9 Å². The van der Waals surface area contributed by atoms with Gasteiger partial charge in [0.05, 0.1) is 42.5 Å². The molecule has 1 aliphatic rings. The van der Waals surface area contributed by atoms with E-state index in [0.29, 0.717) is 24.7 Å². The molecule has 0 saturated carbocycles. The van der Waals surface area contributed by atoms with Crippen molar-refractivity contribution >= 4 is 56.9 Å². The molecule has 69 heavy (non-hydrogen) atoms. The fourth-order valence-electron chi connectivity index (χ4n) is 6.59. The van der Waals surface area contributed by atoms with Gasteiger partial charge in [0.2, 0.25) is 0 Å². The Hall–Kier alpha value is -5.19. The van der Waals surface area contributed by atoms with Crippen molar-refractivity contribution in [1.29, 1.82) is 0 Å². The highest BCUT2D eigenvalue weighted by Gasteiger charge is 2.85. The first-order chi connectivity index (χ1) is 32.2. The minimum absolute atomic E-state index is 0.0711. The van der Waals surface area contributed by atoms with Crippen molar-refractivity contribution in [3.05, 3.63) is 133 Å². The molecule has 2 atom stereocenters. The molecule has 0 saturated heterocycles. The molecule has 0 heterocycles. The quantitative estimate of drug-likeness (QED) is 0.0451. The van der Waals surface area contributed by atoms with Crippen LogP contribution in [0.15, 0.2) is 133 Å². The van der Waals surface area contributed by atoms with Crippen LogP contribution in [0.1, 0.15) is 20.8 Å². The molecule has 0 radical (unpaired) electrons. The fourth-order valence-corrected chi connectivity index (χ4v) is 12.0. The van der Waals surface area contributed by atoms with Crippen LogP contribution in [0, 0.1) is 0 Å². The summed E-state index contributed by atoms with van der Waals surface area (Å²) in [6.45, 7) is 4.74. The van der Waals surface area contributed by atoms with Gasteiger partial charge in [-0.05, 0) is 154 Å². The van der Waals surface area contributed by atoms with Gasteiger partial charge in [-0.2, -0.15) is 22.0 Å². The maximum absolute atomic E-state index is 16.4. The van der Waals surface area contributed by atoms with E-state index >= 15 is 13.2 Å². The summed E-state index contributed by atoms with van der Waals surface area (Å²) in [6, 6.07) is 36.3. The third-order valence-electron chi connectivity index (χ3n) is 9.57. The number of halogens is 14. The average molecular weight is 1030 g/mol. The van der Waals surface area contributed by atoms with Crippen molar-refractivity contribution in [3.63, 3.8) is 0 Å². The zero-order chi connectivity index (χ0) is 51.8. The highest BCUT2D eigenvalue weighted by atomic mass is 31.1. The summed E-state index contributed by atoms with van der Waals surface area (Å²) in [5, 5.41) is 0.170. The molecule has 0 N–H and O–H groups in total. The Morgan fingerprint density at radius 1 is 0.391 bits per heavy atom. The van der Waals surface area contributed by atoms with E-state index < -0.39 is 60.1 Å². The zero-order valence-electron chi connectivity index (χ0n) is 37.7. The van der Waals surface area contributed by atoms with Crippen LogP contribution in [0.2, 0.25) is 0 Å². The van der Waals surface area contributed by atoms with E-state index in [2.05, 4.69) is 41.1 Å². The Bertz CT molecular complexity index is 2140. The molecule has 1 aliphatic carbocycles. The molecule has 6 rings (SSSR count). The lowest BCUT2D eigenvalue weighted by atomic mass is 9.92. The second-order valence-electron chi connectivity index (χ2n) is 14.1. The first-order valence-electron chi connectivity index (χ1n) is 20.6. The summed E-state index contributed by atoms with van der Waals surface area (Å²) < 4.78 is 201. The molecule has 6 nitrogen and oxygen atoms in total. The zero-order valence-corrected chi connectivity index (χ0v) is 39.7. The van der Waals surface area contributed by atoms with Gasteiger partial charge in [0.1, 0.15) is 63.2 Å². The number of hydrogen-bond donors (Lipinski definition) is 0. The van der Waals surface area contributed by atoms with Gasteiger partial charge in [0.25, 0.3) is 5.85 Å². The second-order valence-corrected chi connectivity index (χ2v) is 19.2. The SMILES string of the molecule is CCOc1ccc([PH+](c2ccc(OCC)cc2)C2(F)C=CC(F)(OCC)C(F)(F)C2(F)F)cc1.COc1ccc([PH+](c2ccc(OC)cc2)c2ccc(OC)cc2)cc1.F[B-](F)(F)F.F[B-](F)(F)F. The summed E-state index contributed by atoms with van der Waals surface area (Å²) >= 11 is 0. The molecule has 0 amide bonds. The second kappa shape index (κ2) is 25.1. The Balaban J connectivity index is 0.000000314. The van der Waals surface area contributed by atoms with Gasteiger partial charge in [-0.3, -0.25) is 0 Å². The summed E-state index contributed by atoms with van der Waals surface area (Å²) in [6.07, 6.45) is 0.267. The Labute approximate surface area is 392 Å². The van der Waals surface area contributed by atoms with E-state index in [-0.39, 0.29) is 22.8 Å².